The first-order valence-corrected chi connectivity index (χ1v) is 9.82. The third-order valence-corrected chi connectivity index (χ3v) is 5.14. The largest absolute Gasteiger partial charge is 0.493 e. The van der Waals surface area contributed by atoms with E-state index in [0.717, 1.165) is 24.2 Å². The Morgan fingerprint density at radius 3 is 2.78 bits per heavy atom. The molecule has 0 atom stereocenters. The van der Waals surface area contributed by atoms with Gasteiger partial charge in [-0.25, -0.2) is 0 Å². The molecule has 0 saturated heterocycles. The standard InChI is InChI=1S/C21H29N3O3/c1-14-11-15(2)16(3)18(12-14)26-10-9-21-23-19(24-27-21)13-20(25)22-17-7-5-4-6-8-17/h11-12,17H,4-10,13H2,1-3H3,(H,22,25). The quantitative estimate of drug-likeness (QED) is 0.804. The van der Waals surface area contributed by atoms with Crippen molar-refractivity contribution in [2.45, 2.75) is 71.8 Å². The van der Waals surface area contributed by atoms with Gasteiger partial charge < -0.3 is 14.6 Å². The molecule has 1 aliphatic rings. The molecule has 0 aliphatic heterocycles. The zero-order chi connectivity index (χ0) is 19.2. The van der Waals surface area contributed by atoms with Crippen LogP contribution in [0.3, 0.4) is 0 Å². The third-order valence-electron chi connectivity index (χ3n) is 5.14. The van der Waals surface area contributed by atoms with Crippen molar-refractivity contribution in [3.8, 4) is 5.75 Å². The molecule has 1 aromatic heterocycles. The molecule has 1 N–H and O–H groups in total. The summed E-state index contributed by atoms with van der Waals surface area (Å²) in [7, 11) is 0. The van der Waals surface area contributed by atoms with Gasteiger partial charge in [-0.15, -0.1) is 0 Å². The predicted octanol–water partition coefficient (Wildman–Crippen LogP) is 3.61. The van der Waals surface area contributed by atoms with Gasteiger partial charge in [-0.1, -0.05) is 30.5 Å². The number of ether oxygens (including phenoxy) is 1. The number of benzene rings is 1. The second-order valence-electron chi connectivity index (χ2n) is 7.49. The summed E-state index contributed by atoms with van der Waals surface area (Å²) >= 11 is 0. The summed E-state index contributed by atoms with van der Waals surface area (Å²) in [6, 6.07) is 4.48. The molecule has 1 aliphatic carbocycles. The lowest BCUT2D eigenvalue weighted by atomic mass is 9.95. The van der Waals surface area contributed by atoms with E-state index in [0.29, 0.717) is 30.8 Å². The number of amides is 1. The molecular weight excluding hydrogens is 342 g/mol. The summed E-state index contributed by atoms with van der Waals surface area (Å²) in [4.78, 5) is 16.4. The second-order valence-corrected chi connectivity index (χ2v) is 7.49. The van der Waals surface area contributed by atoms with Gasteiger partial charge in [0.25, 0.3) is 0 Å². The molecular formula is C21H29N3O3. The van der Waals surface area contributed by atoms with E-state index >= 15 is 0 Å². The molecule has 27 heavy (non-hydrogen) atoms. The normalized spacial score (nSPS) is 14.9. The van der Waals surface area contributed by atoms with Crippen molar-refractivity contribution in [2.24, 2.45) is 0 Å². The van der Waals surface area contributed by atoms with E-state index in [4.69, 9.17) is 9.26 Å². The number of aromatic nitrogens is 2. The average molecular weight is 371 g/mol. The van der Waals surface area contributed by atoms with Crippen molar-refractivity contribution < 1.29 is 14.1 Å². The highest BCUT2D eigenvalue weighted by Gasteiger charge is 2.17. The van der Waals surface area contributed by atoms with Crippen molar-refractivity contribution in [3.05, 3.63) is 40.5 Å². The molecule has 3 rings (SSSR count). The highest BCUT2D eigenvalue weighted by molar-refractivity contribution is 5.78. The molecule has 6 nitrogen and oxygen atoms in total. The first-order chi connectivity index (χ1) is 13.0. The molecule has 0 radical (unpaired) electrons. The van der Waals surface area contributed by atoms with Gasteiger partial charge in [-0.3, -0.25) is 4.79 Å². The summed E-state index contributed by atoms with van der Waals surface area (Å²) in [5, 5.41) is 6.99. The fourth-order valence-electron chi connectivity index (χ4n) is 3.53. The number of nitrogens with one attached hydrogen (secondary N) is 1. The van der Waals surface area contributed by atoms with Gasteiger partial charge in [0.1, 0.15) is 5.75 Å². The van der Waals surface area contributed by atoms with E-state index in [9.17, 15) is 4.79 Å². The number of carbonyl (C=O) groups excluding carboxylic acids is 1. The van der Waals surface area contributed by atoms with E-state index in [1.54, 1.807) is 0 Å². The zero-order valence-electron chi connectivity index (χ0n) is 16.5. The Bertz CT molecular complexity index is 779. The van der Waals surface area contributed by atoms with Crippen LogP contribution in [0, 0.1) is 20.8 Å². The maximum absolute atomic E-state index is 12.1. The number of carbonyl (C=O) groups is 1. The van der Waals surface area contributed by atoms with Crippen molar-refractivity contribution in [3.63, 3.8) is 0 Å². The average Bonchev–Trinajstić information content (AvgIpc) is 3.07. The maximum Gasteiger partial charge on any atom is 0.230 e. The number of hydrogen-bond donors (Lipinski definition) is 1. The van der Waals surface area contributed by atoms with E-state index in [1.807, 2.05) is 6.07 Å². The number of aryl methyl sites for hydroxylation is 2. The maximum atomic E-state index is 12.1. The minimum absolute atomic E-state index is 0.0311. The topological polar surface area (TPSA) is 77.2 Å². The van der Waals surface area contributed by atoms with Crippen LogP contribution >= 0.6 is 0 Å². The van der Waals surface area contributed by atoms with Crippen molar-refractivity contribution >= 4 is 5.91 Å². The van der Waals surface area contributed by atoms with Crippen molar-refractivity contribution in [2.75, 3.05) is 6.61 Å². The summed E-state index contributed by atoms with van der Waals surface area (Å²) < 4.78 is 11.1. The van der Waals surface area contributed by atoms with Crippen molar-refractivity contribution in [1.82, 2.24) is 15.5 Å². The lowest BCUT2D eigenvalue weighted by molar-refractivity contribution is -0.121. The number of nitrogens with zero attached hydrogens (tertiary/aromatic N) is 2. The molecule has 1 fully saturated rings. The van der Waals surface area contributed by atoms with Gasteiger partial charge in [0.05, 0.1) is 19.4 Å². The first kappa shape index (κ1) is 19.4. The Kier molecular flexibility index (Phi) is 6.48. The van der Waals surface area contributed by atoms with Crippen LogP contribution in [0.25, 0.3) is 0 Å². The smallest absolute Gasteiger partial charge is 0.230 e. The van der Waals surface area contributed by atoms with Gasteiger partial charge in [-0.2, -0.15) is 4.98 Å². The fraction of sp³-hybridized carbons (Fsp3) is 0.571. The van der Waals surface area contributed by atoms with Crippen LogP contribution in [0.5, 0.6) is 5.75 Å². The first-order valence-electron chi connectivity index (χ1n) is 9.82. The molecule has 0 unspecified atom stereocenters. The SMILES string of the molecule is Cc1cc(C)c(C)c(OCCc2nc(CC(=O)NC3CCCCC3)no2)c1. The molecule has 6 heteroatoms. The Labute approximate surface area is 160 Å². The van der Waals surface area contributed by atoms with Gasteiger partial charge in [0.2, 0.25) is 11.8 Å². The molecule has 1 saturated carbocycles. The third kappa shape index (κ3) is 5.55. The van der Waals surface area contributed by atoms with Gasteiger partial charge in [0, 0.05) is 6.04 Å². The molecule has 1 amide bonds. The van der Waals surface area contributed by atoms with Gasteiger partial charge in [0.15, 0.2) is 5.82 Å². The summed E-state index contributed by atoms with van der Waals surface area (Å²) in [6.45, 7) is 6.65. The Morgan fingerprint density at radius 1 is 1.22 bits per heavy atom. The highest BCUT2D eigenvalue weighted by Crippen LogP contribution is 2.23. The van der Waals surface area contributed by atoms with Crippen LogP contribution < -0.4 is 10.1 Å². The Balaban J connectivity index is 1.46. The summed E-state index contributed by atoms with van der Waals surface area (Å²) in [5.74, 6) is 1.79. The predicted molar refractivity (Wildman–Crippen MR) is 103 cm³/mol. The molecule has 1 heterocycles. The fourth-order valence-corrected chi connectivity index (χ4v) is 3.53. The number of rotatable bonds is 7. The van der Waals surface area contributed by atoms with Crippen LogP contribution in [0.2, 0.25) is 0 Å². The zero-order valence-corrected chi connectivity index (χ0v) is 16.5. The Hall–Kier alpha value is -2.37. The van der Waals surface area contributed by atoms with Gasteiger partial charge >= 0.3 is 0 Å². The van der Waals surface area contributed by atoms with Crippen LogP contribution in [-0.4, -0.2) is 28.7 Å². The van der Waals surface area contributed by atoms with E-state index in [-0.39, 0.29) is 12.3 Å². The number of hydrogen-bond acceptors (Lipinski definition) is 5. The minimum atomic E-state index is -0.0311. The molecule has 2 aromatic rings. The highest BCUT2D eigenvalue weighted by atomic mass is 16.5. The molecule has 146 valence electrons. The van der Waals surface area contributed by atoms with Crippen LogP contribution in [-0.2, 0) is 17.6 Å². The van der Waals surface area contributed by atoms with Crippen LogP contribution in [0.4, 0.5) is 0 Å². The monoisotopic (exact) mass is 371 g/mol. The van der Waals surface area contributed by atoms with Crippen molar-refractivity contribution in [1.29, 1.82) is 0 Å². The van der Waals surface area contributed by atoms with E-state index < -0.39 is 0 Å². The van der Waals surface area contributed by atoms with E-state index in [2.05, 4.69) is 42.3 Å². The Morgan fingerprint density at radius 2 is 2.00 bits per heavy atom. The molecule has 0 spiro atoms. The lowest BCUT2D eigenvalue weighted by Gasteiger charge is -2.22. The van der Waals surface area contributed by atoms with Crippen LogP contribution in [0.15, 0.2) is 16.7 Å². The summed E-state index contributed by atoms with van der Waals surface area (Å²) in [5.41, 5.74) is 3.54. The van der Waals surface area contributed by atoms with Gasteiger partial charge in [-0.05, 0) is 56.4 Å². The minimum Gasteiger partial charge on any atom is -0.493 e. The second kappa shape index (κ2) is 9.02. The summed E-state index contributed by atoms with van der Waals surface area (Å²) in [6.07, 6.45) is 6.47. The molecule has 1 aromatic carbocycles. The lowest BCUT2D eigenvalue weighted by Crippen LogP contribution is -2.37. The van der Waals surface area contributed by atoms with Crippen LogP contribution in [0.1, 0.15) is 60.5 Å². The van der Waals surface area contributed by atoms with E-state index in [1.165, 1.54) is 30.4 Å². The molecule has 0 bridgehead atoms.